The number of hydrogen-bond donors (Lipinski definition) is 3. The zero-order valence-electron chi connectivity index (χ0n) is 12.0. The summed E-state index contributed by atoms with van der Waals surface area (Å²) in [5.41, 5.74) is 3.70. The van der Waals surface area contributed by atoms with Crippen LogP contribution < -0.4 is 10.2 Å². The van der Waals surface area contributed by atoms with Gasteiger partial charge in [-0.2, -0.15) is 5.10 Å². The predicted molar refractivity (Wildman–Crippen MR) is 82.2 cm³/mol. The van der Waals surface area contributed by atoms with Gasteiger partial charge in [0.25, 0.3) is 5.91 Å². The highest BCUT2D eigenvalue weighted by molar-refractivity contribution is 5.85. The number of ether oxygens (including phenoxy) is 1. The monoisotopic (exact) mass is 300 g/mol. The molecule has 0 spiro atoms. The summed E-state index contributed by atoms with van der Waals surface area (Å²) in [6.07, 6.45) is 1.28. The van der Waals surface area contributed by atoms with Gasteiger partial charge in [-0.15, -0.1) is 0 Å². The van der Waals surface area contributed by atoms with Crippen molar-refractivity contribution in [3.05, 3.63) is 53.6 Å². The number of amides is 1. The third-order valence-electron chi connectivity index (χ3n) is 2.77. The van der Waals surface area contributed by atoms with Crippen molar-refractivity contribution in [2.24, 2.45) is 5.10 Å². The molecule has 0 unspecified atom stereocenters. The van der Waals surface area contributed by atoms with Crippen molar-refractivity contribution < 1.29 is 19.7 Å². The smallest absolute Gasteiger partial charge is 0.277 e. The van der Waals surface area contributed by atoms with Crippen LogP contribution in [0.4, 0.5) is 0 Å². The first-order chi connectivity index (χ1) is 10.5. The highest BCUT2D eigenvalue weighted by Crippen LogP contribution is 2.20. The van der Waals surface area contributed by atoms with E-state index < -0.39 is 5.91 Å². The van der Waals surface area contributed by atoms with Gasteiger partial charge in [0, 0.05) is 11.6 Å². The Morgan fingerprint density at radius 1 is 1.27 bits per heavy atom. The number of hydrogen-bond acceptors (Lipinski definition) is 5. The Hall–Kier alpha value is -3.02. The Morgan fingerprint density at radius 2 is 2.09 bits per heavy atom. The van der Waals surface area contributed by atoms with E-state index in [2.05, 4.69) is 10.5 Å². The molecule has 2 aromatic rings. The quantitative estimate of drug-likeness (QED) is 0.581. The van der Waals surface area contributed by atoms with Gasteiger partial charge >= 0.3 is 0 Å². The molecule has 1 amide bonds. The predicted octanol–water partition coefficient (Wildman–Crippen LogP) is 1.94. The third-order valence-corrected chi connectivity index (χ3v) is 2.77. The molecule has 0 fully saturated rings. The number of phenols is 2. The van der Waals surface area contributed by atoms with Crippen molar-refractivity contribution in [3.63, 3.8) is 0 Å². The maximum atomic E-state index is 11.6. The number of nitrogens with one attached hydrogen (secondary N) is 1. The van der Waals surface area contributed by atoms with Gasteiger partial charge in [-0.05, 0) is 36.8 Å². The van der Waals surface area contributed by atoms with Gasteiger partial charge in [-0.3, -0.25) is 4.79 Å². The van der Waals surface area contributed by atoms with E-state index in [9.17, 15) is 9.90 Å². The fourth-order valence-electron chi connectivity index (χ4n) is 1.70. The lowest BCUT2D eigenvalue weighted by Gasteiger charge is -2.05. The molecule has 22 heavy (non-hydrogen) atoms. The van der Waals surface area contributed by atoms with Crippen LogP contribution in [0, 0.1) is 6.92 Å². The number of phenolic OH excluding ortho intramolecular Hbond substituents is 2. The van der Waals surface area contributed by atoms with Crippen LogP contribution in [0.3, 0.4) is 0 Å². The van der Waals surface area contributed by atoms with Gasteiger partial charge in [-0.25, -0.2) is 5.43 Å². The summed E-state index contributed by atoms with van der Waals surface area (Å²) < 4.78 is 5.32. The minimum absolute atomic E-state index is 0.0507. The second kappa shape index (κ2) is 7.12. The van der Waals surface area contributed by atoms with E-state index >= 15 is 0 Å². The number of carbonyl (C=O) groups excluding carboxylic acids is 1. The lowest BCUT2D eigenvalue weighted by Crippen LogP contribution is -2.24. The Balaban J connectivity index is 1.83. The van der Waals surface area contributed by atoms with Gasteiger partial charge in [0.2, 0.25) is 0 Å². The number of rotatable bonds is 5. The normalized spacial score (nSPS) is 10.6. The third kappa shape index (κ3) is 4.52. The van der Waals surface area contributed by atoms with Gasteiger partial charge in [0.05, 0.1) is 6.21 Å². The molecule has 114 valence electrons. The van der Waals surface area contributed by atoms with E-state index in [1.807, 2.05) is 25.1 Å². The van der Waals surface area contributed by atoms with E-state index in [4.69, 9.17) is 9.84 Å². The molecule has 0 saturated carbocycles. The summed E-state index contributed by atoms with van der Waals surface area (Å²) in [5, 5.41) is 22.4. The first kappa shape index (κ1) is 15.4. The molecule has 0 aliphatic heterocycles. The molecular weight excluding hydrogens is 284 g/mol. The standard InChI is InChI=1S/C16H16N2O4/c1-11-3-2-4-14(7-11)22-10-16(21)18-17-9-12-5-6-13(19)8-15(12)20/h2-9,19-20H,10H2,1H3,(H,18,21)/b17-9+. The van der Waals surface area contributed by atoms with E-state index in [1.54, 1.807) is 6.07 Å². The Kier molecular flexibility index (Phi) is 4.98. The van der Waals surface area contributed by atoms with Crippen molar-refractivity contribution in [3.8, 4) is 17.2 Å². The molecule has 6 heteroatoms. The van der Waals surface area contributed by atoms with Crippen LogP contribution in [0.15, 0.2) is 47.6 Å². The molecule has 6 nitrogen and oxygen atoms in total. The van der Waals surface area contributed by atoms with Crippen molar-refractivity contribution in [1.29, 1.82) is 0 Å². The minimum Gasteiger partial charge on any atom is -0.508 e. The summed E-state index contributed by atoms with van der Waals surface area (Å²) in [7, 11) is 0. The summed E-state index contributed by atoms with van der Waals surface area (Å²) in [4.78, 5) is 11.6. The van der Waals surface area contributed by atoms with Gasteiger partial charge < -0.3 is 14.9 Å². The maximum absolute atomic E-state index is 11.6. The van der Waals surface area contributed by atoms with Gasteiger partial charge in [-0.1, -0.05) is 12.1 Å². The van der Waals surface area contributed by atoms with Crippen molar-refractivity contribution in [1.82, 2.24) is 5.43 Å². The fourth-order valence-corrected chi connectivity index (χ4v) is 1.70. The van der Waals surface area contributed by atoms with Crippen LogP contribution in [0.2, 0.25) is 0 Å². The van der Waals surface area contributed by atoms with Crippen LogP contribution in [0.25, 0.3) is 0 Å². The molecule has 2 aromatic carbocycles. The van der Waals surface area contributed by atoms with E-state index in [0.717, 1.165) is 5.56 Å². The van der Waals surface area contributed by atoms with Gasteiger partial charge in [0.15, 0.2) is 6.61 Å². The molecular formula is C16H16N2O4. The molecule has 0 aliphatic carbocycles. The number of aryl methyl sites for hydroxylation is 1. The van der Waals surface area contributed by atoms with Crippen LogP contribution in [0.5, 0.6) is 17.2 Å². The number of nitrogens with zero attached hydrogens (tertiary/aromatic N) is 1. The van der Waals surface area contributed by atoms with Crippen LogP contribution in [-0.4, -0.2) is 28.9 Å². The summed E-state index contributed by atoms with van der Waals surface area (Å²) in [5.74, 6) is 0.00517. The molecule has 0 radical (unpaired) electrons. The summed E-state index contributed by atoms with van der Waals surface area (Å²) >= 11 is 0. The average Bonchev–Trinajstić information content (AvgIpc) is 2.47. The second-order valence-electron chi connectivity index (χ2n) is 4.64. The number of benzene rings is 2. The summed E-state index contributed by atoms with van der Waals surface area (Å²) in [6.45, 7) is 1.77. The molecule has 0 heterocycles. The molecule has 0 bridgehead atoms. The van der Waals surface area contributed by atoms with Crippen LogP contribution in [-0.2, 0) is 4.79 Å². The van der Waals surface area contributed by atoms with Crippen molar-refractivity contribution in [2.75, 3.05) is 6.61 Å². The maximum Gasteiger partial charge on any atom is 0.277 e. The Bertz CT molecular complexity index is 698. The Morgan fingerprint density at radius 3 is 2.82 bits per heavy atom. The first-order valence-electron chi connectivity index (χ1n) is 6.58. The zero-order valence-corrected chi connectivity index (χ0v) is 12.0. The van der Waals surface area contributed by atoms with Crippen molar-refractivity contribution >= 4 is 12.1 Å². The highest BCUT2D eigenvalue weighted by atomic mass is 16.5. The molecule has 3 N–H and O–H groups in total. The first-order valence-corrected chi connectivity index (χ1v) is 6.58. The topological polar surface area (TPSA) is 91.2 Å². The number of carbonyl (C=O) groups is 1. The Labute approximate surface area is 127 Å². The molecule has 0 aromatic heterocycles. The lowest BCUT2D eigenvalue weighted by atomic mass is 10.2. The summed E-state index contributed by atoms with van der Waals surface area (Å²) in [6, 6.07) is 11.4. The minimum atomic E-state index is -0.420. The van der Waals surface area contributed by atoms with Crippen LogP contribution >= 0.6 is 0 Å². The second-order valence-corrected chi connectivity index (χ2v) is 4.64. The zero-order chi connectivity index (χ0) is 15.9. The number of hydrazone groups is 1. The van der Waals surface area contributed by atoms with Crippen molar-refractivity contribution in [2.45, 2.75) is 6.92 Å². The highest BCUT2D eigenvalue weighted by Gasteiger charge is 2.02. The van der Waals surface area contributed by atoms with Crippen LogP contribution in [0.1, 0.15) is 11.1 Å². The lowest BCUT2D eigenvalue weighted by molar-refractivity contribution is -0.123. The van der Waals surface area contributed by atoms with E-state index in [-0.39, 0.29) is 18.1 Å². The average molecular weight is 300 g/mol. The molecule has 0 atom stereocenters. The largest absolute Gasteiger partial charge is 0.508 e. The molecule has 2 rings (SSSR count). The van der Waals surface area contributed by atoms with Gasteiger partial charge in [0.1, 0.15) is 17.2 Å². The molecule has 0 saturated heterocycles. The van der Waals surface area contributed by atoms with E-state index in [0.29, 0.717) is 11.3 Å². The molecule has 0 aliphatic rings. The number of aromatic hydroxyl groups is 2. The van der Waals surface area contributed by atoms with E-state index in [1.165, 1.54) is 24.4 Å². The SMILES string of the molecule is Cc1cccc(OCC(=O)N/N=C/c2ccc(O)cc2O)c1. The fraction of sp³-hybridized carbons (Fsp3) is 0.125.